The van der Waals surface area contributed by atoms with E-state index in [4.69, 9.17) is 30.8 Å². The minimum absolute atomic E-state index is 0.162. The summed E-state index contributed by atoms with van der Waals surface area (Å²) in [7, 11) is 0. The molecule has 1 saturated heterocycles. The average molecular weight is 547 g/mol. The Balaban J connectivity index is 1.32. The molecule has 3 aromatic rings. The lowest BCUT2D eigenvalue weighted by molar-refractivity contribution is 0.0946. The Morgan fingerprint density at radius 2 is 1.68 bits per heavy atom. The highest BCUT2D eigenvalue weighted by molar-refractivity contribution is 7.22. The van der Waals surface area contributed by atoms with E-state index in [0.717, 1.165) is 58.7 Å². The number of aryl methyl sites for hydroxylation is 1. The van der Waals surface area contributed by atoms with Crippen LogP contribution in [0.1, 0.15) is 36.7 Å². The van der Waals surface area contributed by atoms with Crippen molar-refractivity contribution in [3.8, 4) is 17.2 Å². The zero-order valence-electron chi connectivity index (χ0n) is 21.9. The second-order valence-electron chi connectivity index (χ2n) is 8.72. The van der Waals surface area contributed by atoms with Crippen LogP contribution in [0.25, 0.3) is 10.2 Å². The van der Waals surface area contributed by atoms with Crippen molar-refractivity contribution in [3.05, 3.63) is 40.4 Å². The molecule has 0 saturated carbocycles. The zero-order valence-corrected chi connectivity index (χ0v) is 23.5. The molecule has 0 radical (unpaired) electrons. The number of ether oxygens (including phenoxy) is 3. The van der Waals surface area contributed by atoms with E-state index in [1.54, 1.807) is 23.5 Å². The van der Waals surface area contributed by atoms with Gasteiger partial charge in [0.15, 0.2) is 16.6 Å². The van der Waals surface area contributed by atoms with Gasteiger partial charge in [0.1, 0.15) is 0 Å². The number of hydrogen-bond acceptors (Lipinski definition) is 8. The van der Waals surface area contributed by atoms with Crippen molar-refractivity contribution in [2.24, 2.45) is 0 Å². The third kappa shape index (κ3) is 6.40. The van der Waals surface area contributed by atoms with Gasteiger partial charge in [-0.2, -0.15) is 0 Å². The molecule has 8 nitrogen and oxygen atoms in total. The third-order valence-electron chi connectivity index (χ3n) is 6.21. The topological polar surface area (TPSA) is 76.2 Å². The molecule has 200 valence electrons. The summed E-state index contributed by atoms with van der Waals surface area (Å²) in [5.41, 5.74) is 2.63. The SMILES string of the molecule is CCOc1cc(C(=O)NCCN2CCN(c3nc4c(C)ccc(Cl)c4s3)CC2)cc(OCC)c1OCC. The summed E-state index contributed by atoms with van der Waals surface area (Å²) in [5, 5.41) is 4.81. The van der Waals surface area contributed by atoms with Gasteiger partial charge in [-0.25, -0.2) is 4.98 Å². The Hall–Kier alpha value is -2.75. The Bertz CT molecular complexity index is 1160. The van der Waals surface area contributed by atoms with E-state index in [1.807, 2.05) is 32.9 Å². The fourth-order valence-corrected chi connectivity index (χ4v) is 5.71. The van der Waals surface area contributed by atoms with E-state index in [-0.39, 0.29) is 5.91 Å². The van der Waals surface area contributed by atoms with Crippen LogP contribution in [-0.2, 0) is 0 Å². The number of nitrogens with one attached hydrogen (secondary N) is 1. The van der Waals surface area contributed by atoms with E-state index in [0.29, 0.717) is 49.2 Å². The molecule has 2 aromatic carbocycles. The number of aromatic nitrogens is 1. The number of carbonyl (C=O) groups excluding carboxylic acids is 1. The number of amides is 1. The number of anilines is 1. The summed E-state index contributed by atoms with van der Waals surface area (Å²) in [4.78, 5) is 22.5. The van der Waals surface area contributed by atoms with Crippen molar-refractivity contribution >= 4 is 44.2 Å². The first-order valence-corrected chi connectivity index (χ1v) is 14.0. The molecule has 0 unspecified atom stereocenters. The van der Waals surface area contributed by atoms with Gasteiger partial charge in [-0.3, -0.25) is 9.69 Å². The van der Waals surface area contributed by atoms with Crippen LogP contribution in [0.2, 0.25) is 5.02 Å². The number of rotatable bonds is 11. The van der Waals surface area contributed by atoms with Crippen molar-refractivity contribution in [2.75, 3.05) is 64.0 Å². The van der Waals surface area contributed by atoms with Gasteiger partial charge in [0.25, 0.3) is 5.91 Å². The van der Waals surface area contributed by atoms with Gasteiger partial charge in [0, 0.05) is 44.8 Å². The quantitative estimate of drug-likeness (QED) is 0.362. The van der Waals surface area contributed by atoms with Crippen LogP contribution in [-0.4, -0.2) is 74.9 Å². The van der Waals surface area contributed by atoms with Crippen LogP contribution in [0.4, 0.5) is 5.13 Å². The normalized spacial score (nSPS) is 14.1. The predicted octanol–water partition coefficient (Wildman–Crippen LogP) is 5.01. The second kappa shape index (κ2) is 12.7. The van der Waals surface area contributed by atoms with Gasteiger partial charge < -0.3 is 24.4 Å². The van der Waals surface area contributed by atoms with E-state index in [1.165, 1.54) is 0 Å². The molecule has 0 spiro atoms. The minimum atomic E-state index is -0.162. The van der Waals surface area contributed by atoms with E-state index >= 15 is 0 Å². The molecule has 0 aliphatic carbocycles. The molecule has 1 fully saturated rings. The smallest absolute Gasteiger partial charge is 0.251 e. The Morgan fingerprint density at radius 3 is 2.27 bits per heavy atom. The van der Waals surface area contributed by atoms with Crippen LogP contribution in [0, 0.1) is 6.92 Å². The Morgan fingerprint density at radius 1 is 1.03 bits per heavy atom. The Kier molecular flexibility index (Phi) is 9.34. The maximum absolute atomic E-state index is 12.9. The zero-order chi connectivity index (χ0) is 26.4. The van der Waals surface area contributed by atoms with Gasteiger partial charge in [-0.1, -0.05) is 29.0 Å². The van der Waals surface area contributed by atoms with Crippen LogP contribution in [0.15, 0.2) is 24.3 Å². The highest BCUT2D eigenvalue weighted by atomic mass is 35.5. The first-order valence-electron chi connectivity index (χ1n) is 12.8. The molecular formula is C27H35ClN4O4S. The standard InChI is InChI=1S/C27H35ClN4O4S/c1-5-34-21-16-19(17-22(35-6-2)24(21)36-7-3)26(33)29-10-11-31-12-14-32(15-13-31)27-30-23-18(4)8-9-20(28)25(23)37-27/h8-9,16-17H,5-7,10-15H2,1-4H3,(H,29,33). The number of hydrogen-bond donors (Lipinski definition) is 1. The molecule has 1 N–H and O–H groups in total. The molecule has 1 amide bonds. The lowest BCUT2D eigenvalue weighted by Gasteiger charge is -2.34. The number of thiazole rings is 1. The number of benzene rings is 2. The van der Waals surface area contributed by atoms with Crippen LogP contribution in [0.5, 0.6) is 17.2 Å². The molecule has 1 aliphatic heterocycles. The summed E-state index contributed by atoms with van der Waals surface area (Å²) in [5.74, 6) is 1.40. The summed E-state index contributed by atoms with van der Waals surface area (Å²) >= 11 is 8.05. The lowest BCUT2D eigenvalue weighted by Crippen LogP contribution is -2.48. The first kappa shape index (κ1) is 27.3. The van der Waals surface area contributed by atoms with Gasteiger partial charge >= 0.3 is 0 Å². The minimum Gasteiger partial charge on any atom is -0.490 e. The molecule has 0 bridgehead atoms. The highest BCUT2D eigenvalue weighted by Gasteiger charge is 2.22. The number of fused-ring (bicyclic) bond motifs is 1. The summed E-state index contributed by atoms with van der Waals surface area (Å²) in [6.07, 6.45) is 0. The van der Waals surface area contributed by atoms with E-state index < -0.39 is 0 Å². The fourth-order valence-electron chi connectivity index (χ4n) is 4.34. The average Bonchev–Trinajstić information content (AvgIpc) is 3.36. The molecule has 1 aromatic heterocycles. The third-order valence-corrected chi connectivity index (χ3v) is 7.79. The first-order chi connectivity index (χ1) is 17.9. The van der Waals surface area contributed by atoms with Gasteiger partial charge in [0.2, 0.25) is 5.75 Å². The van der Waals surface area contributed by atoms with Crippen molar-refractivity contribution < 1.29 is 19.0 Å². The summed E-state index contributed by atoms with van der Waals surface area (Å²) in [6, 6.07) is 7.40. The van der Waals surface area contributed by atoms with Crippen molar-refractivity contribution in [1.29, 1.82) is 0 Å². The van der Waals surface area contributed by atoms with Crippen LogP contribution < -0.4 is 24.4 Å². The summed E-state index contributed by atoms with van der Waals surface area (Å²) in [6.45, 7) is 14.1. The predicted molar refractivity (Wildman–Crippen MR) is 150 cm³/mol. The number of nitrogens with zero attached hydrogens (tertiary/aromatic N) is 3. The Labute approximate surface area is 227 Å². The van der Waals surface area contributed by atoms with Crippen molar-refractivity contribution in [3.63, 3.8) is 0 Å². The van der Waals surface area contributed by atoms with Crippen molar-refractivity contribution in [1.82, 2.24) is 15.2 Å². The molecule has 4 rings (SSSR count). The van der Waals surface area contributed by atoms with Gasteiger partial charge in [-0.05, 0) is 51.5 Å². The van der Waals surface area contributed by atoms with Crippen molar-refractivity contribution in [2.45, 2.75) is 27.7 Å². The molecule has 1 aliphatic rings. The van der Waals surface area contributed by atoms with E-state index in [2.05, 4.69) is 22.0 Å². The van der Waals surface area contributed by atoms with Crippen LogP contribution >= 0.6 is 22.9 Å². The molecule has 2 heterocycles. The number of piperazine rings is 1. The molecule has 37 heavy (non-hydrogen) atoms. The molecule has 0 atom stereocenters. The van der Waals surface area contributed by atoms with Gasteiger partial charge in [0.05, 0.1) is 35.1 Å². The highest BCUT2D eigenvalue weighted by Crippen LogP contribution is 2.39. The molecular weight excluding hydrogens is 512 g/mol. The second-order valence-corrected chi connectivity index (χ2v) is 10.1. The van der Waals surface area contributed by atoms with Crippen LogP contribution in [0.3, 0.4) is 0 Å². The fraction of sp³-hybridized carbons (Fsp3) is 0.481. The van der Waals surface area contributed by atoms with Gasteiger partial charge in [-0.15, -0.1) is 0 Å². The van der Waals surface area contributed by atoms with E-state index in [9.17, 15) is 4.79 Å². The number of halogens is 1. The maximum atomic E-state index is 12.9. The molecule has 10 heteroatoms. The maximum Gasteiger partial charge on any atom is 0.251 e. The summed E-state index contributed by atoms with van der Waals surface area (Å²) < 4.78 is 18.3. The lowest BCUT2D eigenvalue weighted by atomic mass is 10.1. The number of carbonyl (C=O) groups is 1. The largest absolute Gasteiger partial charge is 0.490 e. The monoisotopic (exact) mass is 546 g/mol.